The highest BCUT2D eigenvalue weighted by Gasteiger charge is 2.24. The smallest absolute Gasteiger partial charge is 0.339 e. The molecule has 0 aliphatic carbocycles. The molecule has 162 valence electrons. The Morgan fingerprint density at radius 1 is 0.903 bits per heavy atom. The average molecular weight is 418 g/mol. The van der Waals surface area contributed by atoms with Crippen molar-refractivity contribution in [1.29, 1.82) is 0 Å². The normalized spacial score (nSPS) is 11.3. The molecule has 0 N–H and O–H groups in total. The number of ketones is 1. The molecular weight excluding hydrogens is 386 g/mol. The third kappa shape index (κ3) is 4.20. The second-order valence-corrected chi connectivity index (χ2v) is 8.58. The number of nitrogens with zero attached hydrogens (tertiary/aromatic N) is 1. The van der Waals surface area contributed by atoms with Crippen LogP contribution in [0.4, 0.5) is 0 Å². The lowest BCUT2D eigenvalue weighted by Crippen LogP contribution is -2.11. The van der Waals surface area contributed by atoms with Gasteiger partial charge in [-0.1, -0.05) is 70.2 Å². The Morgan fingerprint density at radius 2 is 1.45 bits per heavy atom. The van der Waals surface area contributed by atoms with Crippen LogP contribution >= 0.6 is 0 Å². The van der Waals surface area contributed by atoms with E-state index < -0.39 is 0 Å². The molecule has 0 atom stereocenters. The predicted octanol–water partition coefficient (Wildman–Crippen LogP) is 6.69. The SMILES string of the molecule is COC(=O)c1cc(-c2ccc(C(C)=O)cc2)n(-c2c(C(C)C)cccc2C(C)C)c1C. The Bertz CT molecular complexity index is 1090. The quantitative estimate of drug-likeness (QED) is 0.332. The van der Waals surface area contributed by atoms with E-state index in [1.807, 2.05) is 37.3 Å². The van der Waals surface area contributed by atoms with Gasteiger partial charge >= 0.3 is 5.97 Å². The van der Waals surface area contributed by atoms with Crippen LogP contribution in [-0.2, 0) is 4.74 Å². The maximum Gasteiger partial charge on any atom is 0.339 e. The number of rotatable bonds is 6. The number of carbonyl (C=O) groups excluding carboxylic acids is 2. The first-order valence-electron chi connectivity index (χ1n) is 10.7. The summed E-state index contributed by atoms with van der Waals surface area (Å²) in [6.07, 6.45) is 0. The molecule has 0 bridgehead atoms. The lowest BCUT2D eigenvalue weighted by atomic mass is 9.92. The first kappa shape index (κ1) is 22.5. The van der Waals surface area contributed by atoms with E-state index in [9.17, 15) is 9.59 Å². The molecule has 0 radical (unpaired) electrons. The zero-order chi connectivity index (χ0) is 22.9. The van der Waals surface area contributed by atoms with Crippen LogP contribution in [0.25, 0.3) is 16.9 Å². The minimum Gasteiger partial charge on any atom is -0.465 e. The lowest BCUT2D eigenvalue weighted by Gasteiger charge is -2.24. The van der Waals surface area contributed by atoms with Gasteiger partial charge in [0.25, 0.3) is 0 Å². The molecule has 0 fully saturated rings. The fourth-order valence-corrected chi connectivity index (χ4v) is 4.07. The van der Waals surface area contributed by atoms with Crippen molar-refractivity contribution in [2.24, 2.45) is 0 Å². The largest absolute Gasteiger partial charge is 0.465 e. The number of methoxy groups -OCH3 is 1. The van der Waals surface area contributed by atoms with Crippen molar-refractivity contribution < 1.29 is 14.3 Å². The Balaban J connectivity index is 2.39. The van der Waals surface area contributed by atoms with Crippen LogP contribution < -0.4 is 0 Å². The van der Waals surface area contributed by atoms with Gasteiger partial charge in [0.1, 0.15) is 0 Å². The maximum absolute atomic E-state index is 12.6. The van der Waals surface area contributed by atoms with Crippen molar-refractivity contribution in [1.82, 2.24) is 4.57 Å². The number of ether oxygens (including phenoxy) is 1. The Kier molecular flexibility index (Phi) is 6.49. The first-order valence-corrected chi connectivity index (χ1v) is 10.7. The number of Topliss-reactive ketones (excluding diaryl/α,β-unsaturated/α-hetero) is 1. The van der Waals surface area contributed by atoms with Crippen molar-refractivity contribution in [2.45, 2.75) is 53.4 Å². The minimum atomic E-state index is -0.356. The third-order valence-electron chi connectivity index (χ3n) is 5.81. The molecule has 1 heterocycles. The molecule has 31 heavy (non-hydrogen) atoms. The van der Waals surface area contributed by atoms with Crippen molar-refractivity contribution >= 4 is 11.8 Å². The van der Waals surface area contributed by atoms with E-state index in [4.69, 9.17) is 4.74 Å². The zero-order valence-electron chi connectivity index (χ0n) is 19.4. The molecule has 3 rings (SSSR count). The summed E-state index contributed by atoms with van der Waals surface area (Å²) in [7, 11) is 1.40. The van der Waals surface area contributed by atoms with E-state index in [0.29, 0.717) is 23.0 Å². The van der Waals surface area contributed by atoms with Crippen LogP contribution in [0, 0.1) is 6.92 Å². The molecule has 0 amide bonds. The second kappa shape index (κ2) is 8.93. The van der Waals surface area contributed by atoms with Crippen LogP contribution in [0.2, 0.25) is 0 Å². The number of aromatic nitrogens is 1. The van der Waals surface area contributed by atoms with Gasteiger partial charge in [-0.25, -0.2) is 4.79 Å². The molecular formula is C27H31NO3. The van der Waals surface area contributed by atoms with Gasteiger partial charge in [-0.15, -0.1) is 0 Å². The van der Waals surface area contributed by atoms with E-state index >= 15 is 0 Å². The van der Waals surface area contributed by atoms with E-state index in [0.717, 1.165) is 22.6 Å². The molecule has 0 saturated carbocycles. The van der Waals surface area contributed by atoms with Crippen molar-refractivity contribution in [3.63, 3.8) is 0 Å². The summed E-state index contributed by atoms with van der Waals surface area (Å²) in [6.45, 7) is 12.3. The molecule has 0 unspecified atom stereocenters. The van der Waals surface area contributed by atoms with E-state index in [1.54, 1.807) is 6.92 Å². The molecule has 0 aliphatic heterocycles. The molecule has 2 aromatic carbocycles. The Morgan fingerprint density at radius 3 is 1.90 bits per heavy atom. The van der Waals surface area contributed by atoms with Gasteiger partial charge in [-0.2, -0.15) is 0 Å². The monoisotopic (exact) mass is 417 g/mol. The molecule has 0 saturated heterocycles. The topological polar surface area (TPSA) is 48.3 Å². The van der Waals surface area contributed by atoms with Gasteiger partial charge in [0.15, 0.2) is 5.78 Å². The minimum absolute atomic E-state index is 0.0283. The zero-order valence-corrected chi connectivity index (χ0v) is 19.4. The standard InChI is InChI=1S/C27H31NO3/c1-16(2)22-9-8-10-23(17(3)4)26(22)28-18(5)24(27(30)31-7)15-25(28)21-13-11-20(12-14-21)19(6)29/h8-17H,1-7H3. The fraction of sp³-hybridized carbons (Fsp3) is 0.333. The van der Waals surface area contributed by atoms with Gasteiger partial charge in [-0.3, -0.25) is 4.79 Å². The summed E-state index contributed by atoms with van der Waals surface area (Å²) < 4.78 is 7.25. The van der Waals surface area contributed by atoms with E-state index in [-0.39, 0.29) is 11.8 Å². The van der Waals surface area contributed by atoms with Crippen molar-refractivity contribution in [2.75, 3.05) is 7.11 Å². The summed E-state index contributed by atoms with van der Waals surface area (Å²) in [5, 5.41) is 0. The number of hydrogen-bond donors (Lipinski definition) is 0. The highest BCUT2D eigenvalue weighted by Crippen LogP contribution is 2.37. The van der Waals surface area contributed by atoms with Crippen LogP contribution in [-0.4, -0.2) is 23.4 Å². The highest BCUT2D eigenvalue weighted by atomic mass is 16.5. The first-order chi connectivity index (χ1) is 14.7. The number of benzene rings is 2. The van der Waals surface area contributed by atoms with E-state index in [2.05, 4.69) is 50.5 Å². The van der Waals surface area contributed by atoms with Crippen molar-refractivity contribution in [3.05, 3.63) is 76.5 Å². The van der Waals surface area contributed by atoms with Crippen LogP contribution in [0.1, 0.15) is 84.0 Å². The summed E-state index contributed by atoms with van der Waals surface area (Å²) in [5.74, 6) is 0.293. The summed E-state index contributed by atoms with van der Waals surface area (Å²) in [5.41, 5.74) is 7.46. The Hall–Kier alpha value is -3.14. The Labute approximate surface area is 184 Å². The highest BCUT2D eigenvalue weighted by molar-refractivity contribution is 5.95. The van der Waals surface area contributed by atoms with Gasteiger partial charge < -0.3 is 9.30 Å². The molecule has 1 aromatic heterocycles. The van der Waals surface area contributed by atoms with Crippen LogP contribution in [0.15, 0.2) is 48.5 Å². The number of para-hydroxylation sites is 1. The van der Waals surface area contributed by atoms with Crippen LogP contribution in [0.3, 0.4) is 0 Å². The lowest BCUT2D eigenvalue weighted by molar-refractivity contribution is 0.0600. The van der Waals surface area contributed by atoms with Gasteiger partial charge in [0.2, 0.25) is 0 Å². The van der Waals surface area contributed by atoms with Crippen molar-refractivity contribution in [3.8, 4) is 16.9 Å². The number of carbonyl (C=O) groups is 2. The molecule has 4 heteroatoms. The number of esters is 1. The summed E-state index contributed by atoms with van der Waals surface area (Å²) in [4.78, 5) is 24.3. The molecule has 0 aliphatic rings. The van der Waals surface area contributed by atoms with Crippen LogP contribution in [0.5, 0.6) is 0 Å². The average Bonchev–Trinajstić information content (AvgIpc) is 3.09. The van der Waals surface area contributed by atoms with Gasteiger partial charge in [0.05, 0.1) is 24.1 Å². The predicted molar refractivity (Wildman–Crippen MR) is 125 cm³/mol. The summed E-state index contributed by atoms with van der Waals surface area (Å²) >= 11 is 0. The number of hydrogen-bond acceptors (Lipinski definition) is 3. The van der Waals surface area contributed by atoms with Gasteiger partial charge in [-0.05, 0) is 48.4 Å². The third-order valence-corrected chi connectivity index (χ3v) is 5.81. The summed E-state index contributed by atoms with van der Waals surface area (Å²) in [6, 6.07) is 15.9. The molecule has 3 aromatic rings. The van der Waals surface area contributed by atoms with Gasteiger partial charge in [0, 0.05) is 11.3 Å². The fourth-order valence-electron chi connectivity index (χ4n) is 4.07. The molecule has 4 nitrogen and oxygen atoms in total. The maximum atomic E-state index is 12.6. The van der Waals surface area contributed by atoms with E-state index in [1.165, 1.54) is 18.2 Å². The molecule has 0 spiro atoms. The second-order valence-electron chi connectivity index (χ2n) is 8.58.